The molecule has 74 valence electrons. The average Bonchev–Trinajstić information content (AvgIpc) is 2.04. The van der Waals surface area contributed by atoms with Crippen LogP contribution in [0.15, 0.2) is 0 Å². The van der Waals surface area contributed by atoms with E-state index in [1.54, 1.807) is 0 Å². The van der Waals surface area contributed by atoms with Crippen LogP contribution in [0.1, 0.15) is 52.4 Å². The molecule has 0 radical (unpaired) electrons. The maximum atomic E-state index is 10.9. The molecule has 0 saturated carbocycles. The fourth-order valence-corrected chi connectivity index (χ4v) is 2.19. The molecule has 0 bridgehead atoms. The van der Waals surface area contributed by atoms with Crippen molar-refractivity contribution in [1.82, 2.24) is 0 Å². The van der Waals surface area contributed by atoms with Gasteiger partial charge in [0.05, 0.1) is 0 Å². The van der Waals surface area contributed by atoms with Gasteiger partial charge in [-0.15, -0.1) is 0 Å². The molecule has 0 aromatic rings. The lowest BCUT2D eigenvalue weighted by molar-refractivity contribution is 0.469. The summed E-state index contributed by atoms with van der Waals surface area (Å²) < 4.78 is 10.9. The zero-order chi connectivity index (χ0) is 9.40. The molecule has 2 nitrogen and oxygen atoms in total. The molecule has 0 aliphatic rings. The second-order valence-corrected chi connectivity index (χ2v) is 4.81. The largest absolute Gasteiger partial charge is 0.346 e. The molecule has 0 aliphatic carbocycles. The Balaban J connectivity index is 3.62. The summed E-state index contributed by atoms with van der Waals surface area (Å²) in [7, 11) is -2.27. The monoisotopic (exact) mass is 192 g/mol. The third-order valence-corrected chi connectivity index (χ3v) is 3.44. The zero-order valence-corrected chi connectivity index (χ0v) is 9.18. The molecule has 1 unspecified atom stereocenters. The molecule has 0 aliphatic heterocycles. The molecule has 0 heterocycles. The predicted molar refractivity (Wildman–Crippen MR) is 54.1 cm³/mol. The van der Waals surface area contributed by atoms with Gasteiger partial charge in [-0.2, -0.15) is 0 Å². The van der Waals surface area contributed by atoms with E-state index in [4.69, 9.17) is 4.89 Å². The Hall–Kier alpha value is 0.190. The van der Waals surface area contributed by atoms with Crippen molar-refractivity contribution in [3.05, 3.63) is 0 Å². The normalized spacial score (nSPS) is 13.7. The van der Waals surface area contributed by atoms with Gasteiger partial charge in [0, 0.05) is 5.66 Å². The first-order chi connectivity index (χ1) is 5.72. The number of hydrogen-bond acceptors (Lipinski definition) is 1. The molecule has 0 amide bonds. The standard InChI is InChI=1S/C9H21O2P/c1-3-5-7-9(12(10)11)8-6-4-2/h9,12H,3-8H2,1-2H3,(H,10,11). The molecule has 1 N–H and O–H groups in total. The maximum absolute atomic E-state index is 10.9. The lowest BCUT2D eigenvalue weighted by Crippen LogP contribution is -2.01. The van der Waals surface area contributed by atoms with Crippen LogP contribution >= 0.6 is 8.03 Å². The van der Waals surface area contributed by atoms with Gasteiger partial charge in [-0.3, -0.25) is 4.57 Å². The van der Waals surface area contributed by atoms with Gasteiger partial charge in [0.1, 0.15) is 0 Å². The van der Waals surface area contributed by atoms with Crippen molar-refractivity contribution in [2.24, 2.45) is 0 Å². The van der Waals surface area contributed by atoms with E-state index in [2.05, 4.69) is 13.8 Å². The Morgan fingerprint density at radius 1 is 1.17 bits per heavy atom. The predicted octanol–water partition coefficient (Wildman–Crippen LogP) is 3.20. The molecular weight excluding hydrogens is 171 g/mol. The first-order valence-corrected chi connectivity index (χ1v) is 6.38. The number of rotatable bonds is 7. The minimum absolute atomic E-state index is 0.0925. The van der Waals surface area contributed by atoms with E-state index in [-0.39, 0.29) is 5.66 Å². The molecule has 0 spiro atoms. The van der Waals surface area contributed by atoms with Gasteiger partial charge in [-0.05, 0) is 12.8 Å². The lowest BCUT2D eigenvalue weighted by atomic mass is 10.1. The summed E-state index contributed by atoms with van der Waals surface area (Å²) in [6.45, 7) is 4.23. The first-order valence-electron chi connectivity index (χ1n) is 4.95. The lowest BCUT2D eigenvalue weighted by Gasteiger charge is -2.11. The van der Waals surface area contributed by atoms with E-state index in [0.717, 1.165) is 38.5 Å². The molecule has 0 rings (SSSR count). The minimum atomic E-state index is -2.27. The molecular formula is C9H21O2P. The highest BCUT2D eigenvalue weighted by Crippen LogP contribution is 2.30. The molecule has 12 heavy (non-hydrogen) atoms. The van der Waals surface area contributed by atoms with Crippen LogP contribution in [-0.4, -0.2) is 10.6 Å². The smallest absolute Gasteiger partial charge is 0.192 e. The summed E-state index contributed by atoms with van der Waals surface area (Å²) in [6.07, 6.45) is 6.29. The van der Waals surface area contributed by atoms with Gasteiger partial charge in [0.15, 0.2) is 8.03 Å². The van der Waals surface area contributed by atoms with Gasteiger partial charge in [-0.1, -0.05) is 39.5 Å². The highest BCUT2D eigenvalue weighted by molar-refractivity contribution is 7.38. The number of hydrogen-bond donors (Lipinski definition) is 1. The first kappa shape index (κ1) is 12.2. The summed E-state index contributed by atoms with van der Waals surface area (Å²) in [5.74, 6) is 0. The van der Waals surface area contributed by atoms with Crippen LogP contribution in [0.5, 0.6) is 0 Å². The van der Waals surface area contributed by atoms with Gasteiger partial charge in [-0.25, -0.2) is 0 Å². The quantitative estimate of drug-likeness (QED) is 0.629. The topological polar surface area (TPSA) is 37.3 Å². The Morgan fingerprint density at radius 2 is 1.58 bits per heavy atom. The third-order valence-electron chi connectivity index (χ3n) is 2.16. The molecule has 1 atom stereocenters. The summed E-state index contributed by atoms with van der Waals surface area (Å²) in [6, 6.07) is 0. The summed E-state index contributed by atoms with van der Waals surface area (Å²) in [5.41, 5.74) is 0.0925. The van der Waals surface area contributed by atoms with E-state index in [1.807, 2.05) is 0 Å². The maximum Gasteiger partial charge on any atom is 0.192 e. The van der Waals surface area contributed by atoms with Crippen molar-refractivity contribution in [3.63, 3.8) is 0 Å². The average molecular weight is 192 g/mol. The fraction of sp³-hybridized carbons (Fsp3) is 1.00. The van der Waals surface area contributed by atoms with E-state index < -0.39 is 8.03 Å². The summed E-state index contributed by atoms with van der Waals surface area (Å²) in [5, 5.41) is 0. The van der Waals surface area contributed by atoms with Crippen molar-refractivity contribution >= 4 is 8.03 Å². The van der Waals surface area contributed by atoms with Gasteiger partial charge >= 0.3 is 0 Å². The highest BCUT2D eigenvalue weighted by atomic mass is 31.1. The molecule has 0 aromatic carbocycles. The van der Waals surface area contributed by atoms with Crippen molar-refractivity contribution in [3.8, 4) is 0 Å². The Labute approximate surface area is 76.2 Å². The van der Waals surface area contributed by atoms with Crippen molar-refractivity contribution in [2.75, 3.05) is 0 Å². The molecule has 0 saturated heterocycles. The van der Waals surface area contributed by atoms with Crippen molar-refractivity contribution in [2.45, 2.75) is 58.0 Å². The van der Waals surface area contributed by atoms with Crippen LogP contribution < -0.4 is 0 Å². The van der Waals surface area contributed by atoms with E-state index >= 15 is 0 Å². The number of unbranched alkanes of at least 4 members (excludes halogenated alkanes) is 2. The summed E-state index contributed by atoms with van der Waals surface area (Å²) >= 11 is 0. The van der Waals surface area contributed by atoms with Crippen LogP contribution in [0.4, 0.5) is 0 Å². The second kappa shape index (κ2) is 7.82. The van der Waals surface area contributed by atoms with Crippen molar-refractivity contribution < 1.29 is 9.46 Å². The Kier molecular flexibility index (Phi) is 7.94. The fourth-order valence-electron chi connectivity index (χ4n) is 1.29. The van der Waals surface area contributed by atoms with Crippen LogP contribution in [0.2, 0.25) is 0 Å². The van der Waals surface area contributed by atoms with Crippen LogP contribution in [0.25, 0.3) is 0 Å². The SMILES string of the molecule is CCCCC(CCCC)[PH](=O)O. The van der Waals surface area contributed by atoms with E-state index in [9.17, 15) is 4.57 Å². The minimum Gasteiger partial charge on any atom is -0.346 e. The third kappa shape index (κ3) is 5.79. The molecule has 0 fully saturated rings. The van der Waals surface area contributed by atoms with Gasteiger partial charge < -0.3 is 4.89 Å². The van der Waals surface area contributed by atoms with E-state index in [0.29, 0.717) is 0 Å². The van der Waals surface area contributed by atoms with Crippen LogP contribution in [-0.2, 0) is 4.57 Å². The molecule has 0 aromatic heterocycles. The van der Waals surface area contributed by atoms with E-state index in [1.165, 1.54) is 0 Å². The van der Waals surface area contributed by atoms with Crippen LogP contribution in [0, 0.1) is 0 Å². The highest BCUT2D eigenvalue weighted by Gasteiger charge is 2.12. The zero-order valence-electron chi connectivity index (χ0n) is 8.18. The Morgan fingerprint density at radius 3 is 1.83 bits per heavy atom. The summed E-state index contributed by atoms with van der Waals surface area (Å²) in [4.78, 5) is 9.01. The molecule has 3 heteroatoms. The van der Waals surface area contributed by atoms with Gasteiger partial charge in [0.25, 0.3) is 0 Å². The Bertz CT molecular complexity index is 118. The van der Waals surface area contributed by atoms with Crippen LogP contribution in [0.3, 0.4) is 0 Å². The van der Waals surface area contributed by atoms with Crippen molar-refractivity contribution in [1.29, 1.82) is 0 Å². The van der Waals surface area contributed by atoms with Gasteiger partial charge in [0.2, 0.25) is 0 Å². The second-order valence-electron chi connectivity index (χ2n) is 3.32.